The number of nitrogens with one attached hydrogen (secondary N) is 4. The van der Waals surface area contributed by atoms with Crippen LogP contribution in [-0.2, 0) is 19.2 Å². The average molecular weight is 557 g/mol. The number of amides is 4. The van der Waals surface area contributed by atoms with E-state index in [1.807, 2.05) is 0 Å². The van der Waals surface area contributed by atoms with Crippen LogP contribution in [-0.4, -0.2) is 58.3 Å². The summed E-state index contributed by atoms with van der Waals surface area (Å²) < 4.78 is 9.89. The third-order valence-corrected chi connectivity index (χ3v) is 5.32. The van der Waals surface area contributed by atoms with Crippen LogP contribution in [0, 0.1) is 0 Å². The SMILES string of the molecule is COc1cc(C=C2C(=O)NC(=S)NC2=O)ccc1O.COc1cc(C=C2C(=O)NC(=S)NC2=O)ccc1O. The minimum absolute atomic E-state index is 0.0181. The van der Waals surface area contributed by atoms with Gasteiger partial charge in [-0.15, -0.1) is 0 Å². The Bertz CT molecular complexity index is 1280. The molecule has 0 aliphatic carbocycles. The molecule has 0 bridgehead atoms. The van der Waals surface area contributed by atoms with Crippen molar-refractivity contribution in [3.63, 3.8) is 0 Å². The number of phenols is 2. The van der Waals surface area contributed by atoms with Crippen LogP contribution in [0.2, 0.25) is 0 Å². The molecule has 38 heavy (non-hydrogen) atoms. The van der Waals surface area contributed by atoms with E-state index in [2.05, 4.69) is 45.7 Å². The molecule has 2 aliphatic rings. The van der Waals surface area contributed by atoms with Crippen molar-refractivity contribution in [2.45, 2.75) is 0 Å². The Kier molecular flexibility index (Phi) is 8.73. The maximum absolute atomic E-state index is 11.6. The predicted molar refractivity (Wildman–Crippen MR) is 143 cm³/mol. The van der Waals surface area contributed by atoms with E-state index in [1.54, 1.807) is 12.1 Å². The third kappa shape index (κ3) is 6.68. The number of hydrogen-bond acceptors (Lipinski definition) is 10. The zero-order valence-electron chi connectivity index (χ0n) is 19.8. The lowest BCUT2D eigenvalue weighted by atomic mass is 10.1. The summed E-state index contributed by atoms with van der Waals surface area (Å²) in [7, 11) is 2.81. The van der Waals surface area contributed by atoms with Crippen molar-refractivity contribution in [3.8, 4) is 23.0 Å². The number of ether oxygens (including phenoxy) is 2. The first kappa shape index (κ1) is 27.8. The Morgan fingerprint density at radius 2 is 0.947 bits per heavy atom. The molecule has 0 saturated carbocycles. The van der Waals surface area contributed by atoms with Crippen LogP contribution in [0.1, 0.15) is 11.1 Å². The van der Waals surface area contributed by atoms with Gasteiger partial charge >= 0.3 is 0 Å². The highest BCUT2D eigenvalue weighted by Gasteiger charge is 2.26. The highest BCUT2D eigenvalue weighted by molar-refractivity contribution is 7.80. The standard InChI is InChI=1S/2C12H10N2O4S/c2*1-18-9-5-6(2-3-8(9)15)4-7-10(16)13-12(19)14-11(7)17/h2*2-5,15H,1H3,(H2,13,14,16,17,19). The molecular formula is C24H20N4O8S2. The van der Waals surface area contributed by atoms with Crippen LogP contribution in [0.25, 0.3) is 12.2 Å². The maximum atomic E-state index is 11.6. The topological polar surface area (TPSA) is 175 Å². The third-order valence-electron chi connectivity index (χ3n) is 4.92. The van der Waals surface area contributed by atoms with Gasteiger partial charge in [0.15, 0.2) is 33.2 Å². The fourth-order valence-electron chi connectivity index (χ4n) is 3.11. The van der Waals surface area contributed by atoms with Gasteiger partial charge in [0.1, 0.15) is 11.1 Å². The fourth-order valence-corrected chi connectivity index (χ4v) is 3.48. The first-order valence-electron chi connectivity index (χ1n) is 10.5. The van der Waals surface area contributed by atoms with Crippen molar-refractivity contribution in [2.24, 2.45) is 0 Å². The van der Waals surface area contributed by atoms with E-state index in [1.165, 1.54) is 50.6 Å². The number of hydrogen-bond donors (Lipinski definition) is 6. The number of phenolic OH excluding ortho intramolecular Hbond substituents is 2. The summed E-state index contributed by atoms with van der Waals surface area (Å²) in [6.07, 6.45) is 2.77. The molecule has 14 heteroatoms. The molecule has 2 aromatic carbocycles. The molecule has 0 aromatic heterocycles. The smallest absolute Gasteiger partial charge is 0.263 e. The molecule has 2 saturated heterocycles. The fraction of sp³-hybridized carbons (Fsp3) is 0.0833. The molecule has 2 heterocycles. The number of rotatable bonds is 4. The number of benzene rings is 2. The highest BCUT2D eigenvalue weighted by Crippen LogP contribution is 2.28. The number of thiocarbonyl (C=S) groups is 2. The van der Waals surface area contributed by atoms with Crippen molar-refractivity contribution in [1.82, 2.24) is 21.3 Å². The molecule has 6 N–H and O–H groups in total. The number of methoxy groups -OCH3 is 2. The molecule has 2 fully saturated rings. The molecule has 4 rings (SSSR count). The molecule has 0 spiro atoms. The normalized spacial score (nSPS) is 14.8. The van der Waals surface area contributed by atoms with Gasteiger partial charge in [-0.2, -0.15) is 0 Å². The minimum atomic E-state index is -0.569. The van der Waals surface area contributed by atoms with Gasteiger partial charge in [-0.3, -0.25) is 40.4 Å². The van der Waals surface area contributed by atoms with E-state index in [4.69, 9.17) is 9.47 Å². The second-order valence-corrected chi connectivity index (χ2v) is 8.27. The van der Waals surface area contributed by atoms with E-state index < -0.39 is 23.6 Å². The molecule has 0 radical (unpaired) electrons. The Labute approximate surface area is 226 Å². The van der Waals surface area contributed by atoms with Crippen LogP contribution < -0.4 is 30.7 Å². The summed E-state index contributed by atoms with van der Waals surface area (Å²) >= 11 is 9.38. The lowest BCUT2D eigenvalue weighted by Gasteiger charge is -2.16. The molecule has 0 unspecified atom stereocenters. The lowest BCUT2D eigenvalue weighted by molar-refractivity contribution is -0.124. The van der Waals surface area contributed by atoms with Gasteiger partial charge in [0.05, 0.1) is 14.2 Å². The zero-order chi connectivity index (χ0) is 28.0. The van der Waals surface area contributed by atoms with Gasteiger partial charge in [0, 0.05) is 0 Å². The number of carbonyl (C=O) groups excluding carboxylic acids is 4. The van der Waals surface area contributed by atoms with Gasteiger partial charge in [0.2, 0.25) is 0 Å². The second kappa shape index (κ2) is 11.9. The van der Waals surface area contributed by atoms with E-state index in [0.29, 0.717) is 11.1 Å². The first-order valence-corrected chi connectivity index (χ1v) is 11.3. The first-order chi connectivity index (χ1) is 18.0. The highest BCUT2D eigenvalue weighted by atomic mass is 32.1. The predicted octanol–water partition coefficient (Wildman–Crippen LogP) is 0.630. The van der Waals surface area contributed by atoms with Crippen LogP contribution in [0.4, 0.5) is 0 Å². The van der Waals surface area contributed by atoms with Gasteiger partial charge in [-0.1, -0.05) is 12.1 Å². The molecule has 196 valence electrons. The van der Waals surface area contributed by atoms with Gasteiger partial charge in [-0.25, -0.2) is 0 Å². The summed E-state index contributed by atoms with van der Waals surface area (Å²) in [4.78, 5) is 46.5. The quantitative estimate of drug-likeness (QED) is 0.178. The zero-order valence-corrected chi connectivity index (χ0v) is 21.4. The van der Waals surface area contributed by atoms with Crippen LogP contribution in [0.5, 0.6) is 23.0 Å². The van der Waals surface area contributed by atoms with Crippen LogP contribution in [0.15, 0.2) is 47.5 Å². The van der Waals surface area contributed by atoms with Gasteiger partial charge < -0.3 is 19.7 Å². The number of aromatic hydroxyl groups is 2. The monoisotopic (exact) mass is 556 g/mol. The van der Waals surface area contributed by atoms with Crippen LogP contribution >= 0.6 is 24.4 Å². The average Bonchev–Trinajstić information content (AvgIpc) is 2.86. The summed E-state index contributed by atoms with van der Waals surface area (Å²) in [6, 6.07) is 8.95. The maximum Gasteiger partial charge on any atom is 0.263 e. The second-order valence-electron chi connectivity index (χ2n) is 7.45. The van der Waals surface area contributed by atoms with Crippen molar-refractivity contribution in [1.29, 1.82) is 0 Å². The van der Waals surface area contributed by atoms with Crippen molar-refractivity contribution < 1.29 is 38.9 Å². The van der Waals surface area contributed by atoms with Gasteiger partial charge in [-0.05, 0) is 72.0 Å². The molecule has 2 aromatic rings. The van der Waals surface area contributed by atoms with Crippen LogP contribution in [0.3, 0.4) is 0 Å². The van der Waals surface area contributed by atoms with E-state index in [0.717, 1.165) is 0 Å². The lowest BCUT2D eigenvalue weighted by Crippen LogP contribution is -2.51. The Balaban J connectivity index is 0.000000211. The summed E-state index contributed by atoms with van der Waals surface area (Å²) in [5.74, 6) is -1.82. The van der Waals surface area contributed by atoms with Gasteiger partial charge in [0.25, 0.3) is 23.6 Å². The molecule has 2 aliphatic heterocycles. The van der Waals surface area contributed by atoms with E-state index in [-0.39, 0.29) is 44.4 Å². The van der Waals surface area contributed by atoms with Crippen molar-refractivity contribution >= 4 is 70.4 Å². The summed E-state index contributed by atoms with van der Waals surface area (Å²) in [5, 5.41) is 28.2. The largest absolute Gasteiger partial charge is 0.504 e. The molecule has 0 atom stereocenters. The number of carbonyl (C=O) groups is 4. The van der Waals surface area contributed by atoms with E-state index in [9.17, 15) is 29.4 Å². The molecular weight excluding hydrogens is 536 g/mol. The summed E-state index contributed by atoms with van der Waals surface area (Å²) in [6.45, 7) is 0. The Morgan fingerprint density at radius 3 is 1.24 bits per heavy atom. The molecule has 12 nitrogen and oxygen atoms in total. The Morgan fingerprint density at radius 1 is 0.632 bits per heavy atom. The van der Waals surface area contributed by atoms with Crippen molar-refractivity contribution in [3.05, 3.63) is 58.7 Å². The summed E-state index contributed by atoms with van der Waals surface area (Å²) in [5.41, 5.74) is 0.952. The minimum Gasteiger partial charge on any atom is -0.504 e. The van der Waals surface area contributed by atoms with E-state index >= 15 is 0 Å². The van der Waals surface area contributed by atoms with Crippen molar-refractivity contribution in [2.75, 3.05) is 14.2 Å². The molecule has 4 amide bonds. The Hall–Kier alpha value is -4.82.